The first-order valence-corrected chi connectivity index (χ1v) is 8.54. The topological polar surface area (TPSA) is 51.2 Å². The Morgan fingerprint density at radius 1 is 1.17 bits per heavy atom. The van der Waals surface area contributed by atoms with E-state index >= 15 is 0 Å². The summed E-state index contributed by atoms with van der Waals surface area (Å²) in [4.78, 5) is 16.3. The molecule has 4 heteroatoms. The minimum atomic E-state index is 0.142. The molecule has 1 fully saturated rings. The summed E-state index contributed by atoms with van der Waals surface area (Å²) in [6, 6.07) is 9.74. The van der Waals surface area contributed by atoms with Gasteiger partial charge in [-0.15, -0.1) is 0 Å². The Balaban J connectivity index is 1.45. The molecule has 0 saturated heterocycles. The number of hydrogen-bond donors (Lipinski definition) is 1. The second-order valence-corrected chi connectivity index (χ2v) is 6.03. The molecule has 1 heterocycles. The summed E-state index contributed by atoms with van der Waals surface area (Å²) in [6.07, 6.45) is 7.35. The lowest BCUT2D eigenvalue weighted by molar-refractivity contribution is -0.125. The highest BCUT2D eigenvalue weighted by Crippen LogP contribution is 2.23. The first kappa shape index (κ1) is 16.3. The number of pyridine rings is 1. The summed E-state index contributed by atoms with van der Waals surface area (Å²) in [7, 11) is 0. The first-order chi connectivity index (χ1) is 11.8. The van der Waals surface area contributed by atoms with Gasteiger partial charge in [0.25, 0.3) is 0 Å². The predicted octanol–water partition coefficient (Wildman–Crippen LogP) is 3.31. The fourth-order valence-electron chi connectivity index (χ4n) is 3.06. The second-order valence-electron chi connectivity index (χ2n) is 6.03. The number of fused-ring (bicyclic) bond motifs is 1. The average Bonchev–Trinajstić information content (AvgIpc) is 2.65. The fourth-order valence-corrected chi connectivity index (χ4v) is 3.06. The summed E-state index contributed by atoms with van der Waals surface area (Å²) in [5, 5.41) is 3.94. The van der Waals surface area contributed by atoms with Gasteiger partial charge in [0.2, 0.25) is 5.91 Å². The Morgan fingerprint density at radius 2 is 2.00 bits per heavy atom. The number of para-hydroxylation sites is 1. The van der Waals surface area contributed by atoms with Crippen LogP contribution in [0.15, 0.2) is 36.5 Å². The van der Waals surface area contributed by atoms with Crippen molar-refractivity contribution < 1.29 is 9.53 Å². The Labute approximate surface area is 142 Å². The number of benzene rings is 1. The standard InChI is InChI=1S/C20H22N2O2/c23-20(17-8-2-1-3-9-17)22-13-4-5-15-24-18-12-6-10-16-11-7-14-21-19(16)18/h6-7,10-12,14,17H,1-3,8-9,13,15H2,(H,22,23). The number of rotatable bonds is 4. The maximum absolute atomic E-state index is 12.0. The van der Waals surface area contributed by atoms with Gasteiger partial charge in [0.15, 0.2) is 0 Å². The quantitative estimate of drug-likeness (QED) is 0.879. The highest BCUT2D eigenvalue weighted by atomic mass is 16.5. The lowest BCUT2D eigenvalue weighted by atomic mass is 9.89. The molecule has 1 N–H and O–H groups in total. The zero-order valence-corrected chi connectivity index (χ0v) is 13.8. The van der Waals surface area contributed by atoms with Crippen molar-refractivity contribution in [2.45, 2.75) is 32.1 Å². The maximum atomic E-state index is 12.0. The lowest BCUT2D eigenvalue weighted by Crippen LogP contribution is -2.32. The third-order valence-corrected chi connectivity index (χ3v) is 4.35. The molecule has 1 aliphatic carbocycles. The van der Waals surface area contributed by atoms with Crippen LogP contribution in [-0.2, 0) is 4.79 Å². The molecule has 3 rings (SSSR count). The van der Waals surface area contributed by atoms with Crippen molar-refractivity contribution in [1.82, 2.24) is 10.3 Å². The van der Waals surface area contributed by atoms with Crippen LogP contribution in [-0.4, -0.2) is 24.0 Å². The van der Waals surface area contributed by atoms with E-state index in [1.54, 1.807) is 6.20 Å². The predicted molar refractivity (Wildman–Crippen MR) is 94.6 cm³/mol. The van der Waals surface area contributed by atoms with Crippen LogP contribution in [0.25, 0.3) is 10.9 Å². The lowest BCUT2D eigenvalue weighted by Gasteiger charge is -2.19. The van der Waals surface area contributed by atoms with Crippen LogP contribution in [0, 0.1) is 17.8 Å². The molecule has 2 aromatic rings. The van der Waals surface area contributed by atoms with E-state index in [2.05, 4.69) is 22.1 Å². The largest absolute Gasteiger partial charge is 0.479 e. The number of carbonyl (C=O) groups is 1. The van der Waals surface area contributed by atoms with Gasteiger partial charge in [-0.3, -0.25) is 9.78 Å². The molecular formula is C20H22N2O2. The highest BCUT2D eigenvalue weighted by Gasteiger charge is 2.19. The van der Waals surface area contributed by atoms with E-state index in [4.69, 9.17) is 4.74 Å². The molecule has 4 nitrogen and oxygen atoms in total. The van der Waals surface area contributed by atoms with E-state index < -0.39 is 0 Å². The summed E-state index contributed by atoms with van der Waals surface area (Å²) < 4.78 is 5.69. The number of nitrogens with one attached hydrogen (secondary N) is 1. The van der Waals surface area contributed by atoms with Crippen LogP contribution < -0.4 is 10.1 Å². The average molecular weight is 322 g/mol. The molecule has 1 aromatic heterocycles. The van der Waals surface area contributed by atoms with Crippen molar-refractivity contribution in [2.75, 3.05) is 13.2 Å². The molecule has 0 unspecified atom stereocenters. The molecule has 0 bridgehead atoms. The summed E-state index contributed by atoms with van der Waals surface area (Å²) in [5.41, 5.74) is 0.840. The number of hydrogen-bond acceptors (Lipinski definition) is 3. The smallest absolute Gasteiger partial charge is 0.223 e. The van der Waals surface area contributed by atoms with Gasteiger partial charge in [-0.2, -0.15) is 0 Å². The highest BCUT2D eigenvalue weighted by molar-refractivity contribution is 5.84. The first-order valence-electron chi connectivity index (χ1n) is 8.54. The SMILES string of the molecule is O=C(NCC#CCOc1cccc2cccnc12)C1CCCCC1. The zero-order valence-electron chi connectivity index (χ0n) is 13.8. The van der Waals surface area contributed by atoms with Crippen LogP contribution >= 0.6 is 0 Å². The van der Waals surface area contributed by atoms with Gasteiger partial charge in [-0.1, -0.05) is 49.3 Å². The molecular weight excluding hydrogens is 300 g/mol. The van der Waals surface area contributed by atoms with Crippen LogP contribution in [0.1, 0.15) is 32.1 Å². The zero-order chi connectivity index (χ0) is 16.6. The summed E-state index contributed by atoms with van der Waals surface area (Å²) >= 11 is 0. The normalized spacial score (nSPS) is 14.7. The van der Waals surface area contributed by atoms with Crippen molar-refractivity contribution in [3.8, 4) is 17.6 Å². The van der Waals surface area contributed by atoms with E-state index in [1.165, 1.54) is 6.42 Å². The molecule has 0 spiro atoms. The van der Waals surface area contributed by atoms with E-state index in [0.717, 1.165) is 42.3 Å². The summed E-state index contributed by atoms with van der Waals surface area (Å²) in [6.45, 7) is 0.668. The van der Waals surface area contributed by atoms with Crippen molar-refractivity contribution >= 4 is 16.8 Å². The van der Waals surface area contributed by atoms with Crippen LogP contribution in [0.2, 0.25) is 0 Å². The maximum Gasteiger partial charge on any atom is 0.223 e. The number of ether oxygens (including phenoxy) is 1. The number of nitrogens with zero attached hydrogens (tertiary/aromatic N) is 1. The van der Waals surface area contributed by atoms with Crippen molar-refractivity contribution in [3.63, 3.8) is 0 Å². The van der Waals surface area contributed by atoms with Gasteiger partial charge in [0.05, 0.1) is 6.54 Å². The number of aromatic nitrogens is 1. The van der Waals surface area contributed by atoms with E-state index in [0.29, 0.717) is 6.54 Å². The van der Waals surface area contributed by atoms with Crippen molar-refractivity contribution in [2.24, 2.45) is 5.92 Å². The summed E-state index contributed by atoms with van der Waals surface area (Å²) in [5.74, 6) is 6.94. The van der Waals surface area contributed by atoms with Gasteiger partial charge in [-0.25, -0.2) is 0 Å². The molecule has 1 aliphatic rings. The van der Waals surface area contributed by atoms with Crippen molar-refractivity contribution in [3.05, 3.63) is 36.5 Å². The van der Waals surface area contributed by atoms with Gasteiger partial charge >= 0.3 is 0 Å². The molecule has 1 saturated carbocycles. The molecule has 0 aliphatic heterocycles. The van der Waals surface area contributed by atoms with E-state index in [1.807, 2.05) is 30.3 Å². The van der Waals surface area contributed by atoms with E-state index in [-0.39, 0.29) is 18.4 Å². The Kier molecular flexibility index (Phi) is 5.68. The molecule has 124 valence electrons. The molecule has 0 atom stereocenters. The Hall–Kier alpha value is -2.54. The third kappa shape index (κ3) is 4.26. The van der Waals surface area contributed by atoms with E-state index in [9.17, 15) is 4.79 Å². The van der Waals surface area contributed by atoms with Crippen LogP contribution in [0.5, 0.6) is 5.75 Å². The minimum absolute atomic E-state index is 0.142. The molecule has 24 heavy (non-hydrogen) atoms. The van der Waals surface area contributed by atoms with Crippen LogP contribution in [0.3, 0.4) is 0 Å². The van der Waals surface area contributed by atoms with Crippen LogP contribution in [0.4, 0.5) is 0 Å². The number of carbonyl (C=O) groups excluding carboxylic acids is 1. The van der Waals surface area contributed by atoms with Crippen molar-refractivity contribution in [1.29, 1.82) is 0 Å². The van der Waals surface area contributed by atoms with Gasteiger partial charge < -0.3 is 10.1 Å². The van der Waals surface area contributed by atoms with Gasteiger partial charge in [0.1, 0.15) is 17.9 Å². The fraction of sp³-hybridized carbons (Fsp3) is 0.400. The van der Waals surface area contributed by atoms with Gasteiger partial charge in [0, 0.05) is 17.5 Å². The Bertz CT molecular complexity index is 750. The second kappa shape index (κ2) is 8.35. The third-order valence-electron chi connectivity index (χ3n) is 4.35. The Morgan fingerprint density at radius 3 is 2.88 bits per heavy atom. The minimum Gasteiger partial charge on any atom is -0.479 e. The molecule has 1 aromatic carbocycles. The number of amides is 1. The van der Waals surface area contributed by atoms with Gasteiger partial charge in [-0.05, 0) is 25.0 Å². The monoisotopic (exact) mass is 322 g/mol. The molecule has 1 amide bonds. The molecule has 0 radical (unpaired) electrons.